The van der Waals surface area contributed by atoms with Gasteiger partial charge in [-0.05, 0) is 44.5 Å². The molecule has 1 rings (SSSR count). The Morgan fingerprint density at radius 3 is 2.55 bits per heavy atom. The Bertz CT molecular complexity index is 506. The normalized spacial score (nSPS) is 10.8. The topological polar surface area (TPSA) is 47.6 Å². The first-order valence-corrected chi connectivity index (χ1v) is 7.31. The number of methoxy groups -OCH3 is 1. The fraction of sp³-hybridized carbons (Fsp3) is 0.400. The number of hydrogen-bond acceptors (Lipinski definition) is 3. The Balaban J connectivity index is 2.92. The lowest BCUT2D eigenvalue weighted by atomic mass is 10.1. The molecule has 0 aliphatic heterocycles. The highest BCUT2D eigenvalue weighted by Gasteiger charge is 2.17. The molecule has 1 amide bonds. The van der Waals surface area contributed by atoms with Gasteiger partial charge >= 0.3 is 6.09 Å². The van der Waals surface area contributed by atoms with E-state index in [0.717, 1.165) is 11.1 Å². The highest BCUT2D eigenvalue weighted by molar-refractivity contribution is 9.09. The molecule has 0 atom stereocenters. The molecule has 0 saturated carbocycles. The van der Waals surface area contributed by atoms with E-state index < -0.39 is 11.7 Å². The van der Waals surface area contributed by atoms with Gasteiger partial charge in [0, 0.05) is 16.6 Å². The average Bonchev–Trinajstić information content (AvgIpc) is 2.35. The SMILES string of the molecule is C=C(CBr)c1cc(NC(=O)OC(C)(C)C)ccc1OC. The zero-order valence-electron chi connectivity index (χ0n) is 12.2. The molecule has 110 valence electrons. The second kappa shape index (κ2) is 6.79. The van der Waals surface area contributed by atoms with Crippen molar-refractivity contribution in [1.82, 2.24) is 0 Å². The Labute approximate surface area is 128 Å². The van der Waals surface area contributed by atoms with E-state index in [-0.39, 0.29) is 0 Å². The molecule has 0 saturated heterocycles. The lowest BCUT2D eigenvalue weighted by molar-refractivity contribution is 0.0636. The fourth-order valence-electron chi connectivity index (χ4n) is 1.56. The van der Waals surface area contributed by atoms with Crippen LogP contribution in [0.15, 0.2) is 24.8 Å². The molecule has 0 bridgehead atoms. The van der Waals surface area contributed by atoms with Gasteiger partial charge in [-0.3, -0.25) is 5.32 Å². The first-order valence-electron chi connectivity index (χ1n) is 6.19. The van der Waals surface area contributed by atoms with Crippen LogP contribution in [0.2, 0.25) is 0 Å². The Hall–Kier alpha value is -1.49. The van der Waals surface area contributed by atoms with Gasteiger partial charge in [-0.25, -0.2) is 4.79 Å². The van der Waals surface area contributed by atoms with E-state index >= 15 is 0 Å². The van der Waals surface area contributed by atoms with Crippen molar-refractivity contribution in [1.29, 1.82) is 0 Å². The third kappa shape index (κ3) is 4.89. The van der Waals surface area contributed by atoms with E-state index in [1.165, 1.54) is 0 Å². The number of nitrogens with one attached hydrogen (secondary N) is 1. The molecule has 0 aliphatic rings. The highest BCUT2D eigenvalue weighted by Crippen LogP contribution is 2.29. The smallest absolute Gasteiger partial charge is 0.412 e. The quantitative estimate of drug-likeness (QED) is 0.823. The first kappa shape index (κ1) is 16.6. The summed E-state index contributed by atoms with van der Waals surface area (Å²) in [7, 11) is 1.60. The molecule has 1 N–H and O–H groups in total. The van der Waals surface area contributed by atoms with Gasteiger partial charge in [0.25, 0.3) is 0 Å². The van der Waals surface area contributed by atoms with Crippen molar-refractivity contribution < 1.29 is 14.3 Å². The summed E-state index contributed by atoms with van der Waals surface area (Å²) in [4.78, 5) is 11.7. The van der Waals surface area contributed by atoms with Crippen molar-refractivity contribution in [2.45, 2.75) is 26.4 Å². The summed E-state index contributed by atoms with van der Waals surface area (Å²) in [6.45, 7) is 9.42. The highest BCUT2D eigenvalue weighted by atomic mass is 79.9. The van der Waals surface area contributed by atoms with Crippen molar-refractivity contribution in [3.63, 3.8) is 0 Å². The molecule has 5 heteroatoms. The molecule has 20 heavy (non-hydrogen) atoms. The number of alkyl halides is 1. The van der Waals surface area contributed by atoms with Crippen LogP contribution in [0.3, 0.4) is 0 Å². The largest absolute Gasteiger partial charge is 0.496 e. The van der Waals surface area contributed by atoms with E-state index in [4.69, 9.17) is 9.47 Å². The number of allylic oxidation sites excluding steroid dienone is 1. The maximum absolute atomic E-state index is 11.7. The van der Waals surface area contributed by atoms with Crippen LogP contribution >= 0.6 is 15.9 Å². The van der Waals surface area contributed by atoms with Gasteiger partial charge in [0.05, 0.1) is 7.11 Å². The van der Waals surface area contributed by atoms with Crippen LogP contribution in [-0.2, 0) is 4.74 Å². The van der Waals surface area contributed by atoms with Crippen molar-refractivity contribution in [2.24, 2.45) is 0 Å². The van der Waals surface area contributed by atoms with Gasteiger partial charge in [-0.2, -0.15) is 0 Å². The number of benzene rings is 1. The zero-order valence-corrected chi connectivity index (χ0v) is 13.8. The lowest BCUT2D eigenvalue weighted by Gasteiger charge is -2.20. The van der Waals surface area contributed by atoms with Gasteiger partial charge < -0.3 is 9.47 Å². The number of anilines is 1. The van der Waals surface area contributed by atoms with Gasteiger partial charge in [-0.15, -0.1) is 0 Å². The van der Waals surface area contributed by atoms with E-state index in [2.05, 4.69) is 27.8 Å². The number of amides is 1. The predicted molar refractivity (Wildman–Crippen MR) is 85.7 cm³/mol. The fourth-order valence-corrected chi connectivity index (χ4v) is 1.86. The molecule has 0 radical (unpaired) electrons. The third-order valence-electron chi connectivity index (χ3n) is 2.39. The van der Waals surface area contributed by atoms with Gasteiger partial charge in [0.2, 0.25) is 0 Å². The molecule has 0 aromatic heterocycles. The zero-order chi connectivity index (χ0) is 15.3. The monoisotopic (exact) mass is 341 g/mol. The summed E-state index contributed by atoms with van der Waals surface area (Å²) >= 11 is 3.36. The molecule has 1 aromatic carbocycles. The van der Waals surface area contributed by atoms with E-state index in [1.807, 2.05) is 26.8 Å². The summed E-state index contributed by atoms with van der Waals surface area (Å²) in [6, 6.07) is 5.36. The minimum atomic E-state index is -0.529. The Morgan fingerprint density at radius 1 is 1.40 bits per heavy atom. The van der Waals surface area contributed by atoms with E-state index in [9.17, 15) is 4.79 Å². The van der Waals surface area contributed by atoms with Crippen molar-refractivity contribution >= 4 is 33.3 Å². The molecule has 4 nitrogen and oxygen atoms in total. The molecule has 1 aromatic rings. The molecule has 0 unspecified atom stereocenters. The number of halogens is 1. The minimum Gasteiger partial charge on any atom is -0.496 e. The van der Waals surface area contributed by atoms with Gasteiger partial charge in [0.1, 0.15) is 11.4 Å². The van der Waals surface area contributed by atoms with Crippen molar-refractivity contribution in [3.05, 3.63) is 30.3 Å². The molecular formula is C15H20BrNO3. The Morgan fingerprint density at radius 2 is 2.05 bits per heavy atom. The first-order chi connectivity index (χ1) is 9.26. The average molecular weight is 342 g/mol. The summed E-state index contributed by atoms with van der Waals surface area (Å²) in [5.74, 6) is 0.712. The summed E-state index contributed by atoms with van der Waals surface area (Å²) in [5, 5.41) is 3.32. The third-order valence-corrected chi connectivity index (χ3v) is 3.06. The number of rotatable bonds is 4. The Kier molecular flexibility index (Phi) is 5.62. The standard InChI is InChI=1S/C15H20BrNO3/c1-10(9-16)12-8-11(6-7-13(12)19-5)17-14(18)20-15(2,3)4/h6-8H,1,9H2,2-5H3,(H,17,18). The predicted octanol–water partition coefficient (Wildman–Crippen LogP) is 4.45. The van der Waals surface area contributed by atoms with E-state index in [0.29, 0.717) is 16.8 Å². The second-order valence-electron chi connectivity index (χ2n) is 5.28. The van der Waals surface area contributed by atoms with E-state index in [1.54, 1.807) is 19.2 Å². The van der Waals surface area contributed by atoms with Crippen LogP contribution in [0.1, 0.15) is 26.3 Å². The number of ether oxygens (including phenoxy) is 2. The summed E-state index contributed by atoms with van der Waals surface area (Å²) < 4.78 is 10.5. The molecule has 0 spiro atoms. The van der Waals surface area contributed by atoms with Gasteiger partial charge in [-0.1, -0.05) is 22.5 Å². The van der Waals surface area contributed by atoms with Crippen molar-refractivity contribution in [2.75, 3.05) is 17.8 Å². The van der Waals surface area contributed by atoms with Crippen LogP contribution in [0.25, 0.3) is 5.57 Å². The minimum absolute atomic E-state index is 0.488. The number of carbonyl (C=O) groups is 1. The van der Waals surface area contributed by atoms with Gasteiger partial charge in [0.15, 0.2) is 0 Å². The van der Waals surface area contributed by atoms with Crippen LogP contribution in [0.4, 0.5) is 10.5 Å². The molecule has 0 aliphatic carbocycles. The van der Waals surface area contributed by atoms with Crippen LogP contribution < -0.4 is 10.1 Å². The lowest BCUT2D eigenvalue weighted by Crippen LogP contribution is -2.27. The van der Waals surface area contributed by atoms with Crippen LogP contribution in [0, 0.1) is 0 Å². The summed E-state index contributed by atoms with van der Waals surface area (Å²) in [5.41, 5.74) is 1.82. The van der Waals surface area contributed by atoms with Crippen molar-refractivity contribution in [3.8, 4) is 5.75 Å². The molecule has 0 fully saturated rings. The maximum atomic E-state index is 11.7. The number of hydrogen-bond donors (Lipinski definition) is 1. The maximum Gasteiger partial charge on any atom is 0.412 e. The molecule has 0 heterocycles. The molecular weight excluding hydrogens is 322 g/mol. The second-order valence-corrected chi connectivity index (χ2v) is 5.84. The van der Waals surface area contributed by atoms with Crippen LogP contribution in [0.5, 0.6) is 5.75 Å². The summed E-state index contributed by atoms with van der Waals surface area (Å²) in [6.07, 6.45) is -0.488. The van der Waals surface area contributed by atoms with Crippen LogP contribution in [-0.4, -0.2) is 24.1 Å². The number of carbonyl (C=O) groups excluding carboxylic acids is 1.